The van der Waals surface area contributed by atoms with Crippen LogP contribution in [0.1, 0.15) is 22.5 Å². The first kappa shape index (κ1) is 16.4. The van der Waals surface area contributed by atoms with Crippen LogP contribution >= 0.6 is 0 Å². The first-order valence-electron chi connectivity index (χ1n) is 6.97. The number of aryl methyl sites for hydroxylation is 2. The van der Waals surface area contributed by atoms with E-state index in [1.165, 1.54) is 12.1 Å². The molecule has 0 amide bonds. The molecule has 1 aromatic heterocycles. The summed E-state index contributed by atoms with van der Waals surface area (Å²) in [7, 11) is 1.83. The lowest BCUT2D eigenvalue weighted by molar-refractivity contribution is -0.385. The van der Waals surface area contributed by atoms with Crippen molar-refractivity contribution in [2.45, 2.75) is 20.5 Å². The van der Waals surface area contributed by atoms with Crippen LogP contribution in [0.2, 0.25) is 0 Å². The van der Waals surface area contributed by atoms with E-state index in [4.69, 9.17) is 4.74 Å². The number of hydrogen-bond acceptors (Lipinski definition) is 5. The normalized spacial score (nSPS) is 10.9. The Morgan fingerprint density at radius 2 is 2.09 bits per heavy atom. The van der Waals surface area contributed by atoms with Gasteiger partial charge in [0.2, 0.25) is 0 Å². The highest BCUT2D eigenvalue weighted by Crippen LogP contribution is 2.18. The van der Waals surface area contributed by atoms with Crippen LogP contribution in [-0.4, -0.2) is 20.7 Å². The van der Waals surface area contributed by atoms with Crippen LogP contribution in [0.5, 0.6) is 0 Å². The molecule has 0 N–H and O–H groups in total. The second kappa shape index (κ2) is 6.87. The van der Waals surface area contributed by atoms with E-state index in [9.17, 15) is 14.9 Å². The van der Waals surface area contributed by atoms with Crippen LogP contribution in [0.15, 0.2) is 30.3 Å². The number of nitro benzene ring substituents is 1. The van der Waals surface area contributed by atoms with E-state index in [0.717, 1.165) is 17.0 Å². The summed E-state index contributed by atoms with van der Waals surface area (Å²) in [5, 5.41) is 15.1. The zero-order valence-electron chi connectivity index (χ0n) is 13.1. The van der Waals surface area contributed by atoms with Crippen molar-refractivity contribution in [3.05, 3.63) is 63.0 Å². The average molecular weight is 315 g/mol. The van der Waals surface area contributed by atoms with Crippen molar-refractivity contribution in [2.24, 2.45) is 7.05 Å². The van der Waals surface area contributed by atoms with Crippen LogP contribution in [0.4, 0.5) is 5.69 Å². The Hall–Kier alpha value is -2.96. The molecule has 0 atom stereocenters. The van der Waals surface area contributed by atoms with Gasteiger partial charge in [0.1, 0.15) is 6.61 Å². The van der Waals surface area contributed by atoms with Crippen molar-refractivity contribution in [1.29, 1.82) is 0 Å². The molecule has 23 heavy (non-hydrogen) atoms. The smallest absolute Gasteiger partial charge is 0.331 e. The first-order chi connectivity index (χ1) is 10.9. The molecule has 0 aliphatic carbocycles. The Morgan fingerprint density at radius 1 is 1.39 bits per heavy atom. The van der Waals surface area contributed by atoms with E-state index in [-0.39, 0.29) is 12.3 Å². The molecule has 7 nitrogen and oxygen atoms in total. The molecular formula is C16H17N3O4. The Kier molecular flexibility index (Phi) is 4.90. The molecule has 1 heterocycles. The zero-order valence-corrected chi connectivity index (χ0v) is 13.1. The highest BCUT2D eigenvalue weighted by atomic mass is 16.6. The molecule has 0 unspecified atom stereocenters. The van der Waals surface area contributed by atoms with E-state index >= 15 is 0 Å². The van der Waals surface area contributed by atoms with Gasteiger partial charge >= 0.3 is 5.97 Å². The quantitative estimate of drug-likeness (QED) is 0.366. The van der Waals surface area contributed by atoms with Gasteiger partial charge in [-0.15, -0.1) is 0 Å². The van der Waals surface area contributed by atoms with Gasteiger partial charge in [0.05, 0.1) is 16.2 Å². The molecule has 2 rings (SSSR count). The number of nitrogens with zero attached hydrogens (tertiary/aromatic N) is 3. The topological polar surface area (TPSA) is 87.3 Å². The third-order valence-corrected chi connectivity index (χ3v) is 3.51. The maximum atomic E-state index is 11.8. The number of esters is 1. The maximum Gasteiger partial charge on any atom is 0.331 e. The molecule has 2 aromatic rings. The minimum absolute atomic E-state index is 0.0665. The number of carbonyl (C=O) groups excluding carboxylic acids is 1. The van der Waals surface area contributed by atoms with Gasteiger partial charge in [0, 0.05) is 30.4 Å². The van der Waals surface area contributed by atoms with Crippen molar-refractivity contribution < 1.29 is 14.5 Å². The van der Waals surface area contributed by atoms with Crippen molar-refractivity contribution in [3.8, 4) is 0 Å². The van der Waals surface area contributed by atoms with Gasteiger partial charge in [-0.25, -0.2) is 4.79 Å². The summed E-state index contributed by atoms with van der Waals surface area (Å²) in [4.78, 5) is 22.2. The van der Waals surface area contributed by atoms with E-state index in [1.807, 2.05) is 20.9 Å². The Bertz CT molecular complexity index is 778. The third-order valence-electron chi connectivity index (χ3n) is 3.51. The van der Waals surface area contributed by atoms with Gasteiger partial charge < -0.3 is 4.74 Å². The van der Waals surface area contributed by atoms with Gasteiger partial charge in [-0.1, -0.05) is 12.1 Å². The molecule has 0 fully saturated rings. The molecule has 1 aromatic carbocycles. The fraction of sp³-hybridized carbons (Fsp3) is 0.250. The van der Waals surface area contributed by atoms with Crippen molar-refractivity contribution in [2.75, 3.05) is 0 Å². The Balaban J connectivity index is 2.03. The number of para-hydroxylation sites is 1. The monoisotopic (exact) mass is 315 g/mol. The summed E-state index contributed by atoms with van der Waals surface area (Å²) in [5.74, 6) is -0.564. The SMILES string of the molecule is Cc1nn(C)c(C)c1/C=C/C(=O)OCc1ccccc1[N+](=O)[O-]. The second-order valence-electron chi connectivity index (χ2n) is 5.03. The van der Waals surface area contributed by atoms with Crippen LogP contribution in [-0.2, 0) is 23.2 Å². The summed E-state index contributed by atoms with van der Waals surface area (Å²) < 4.78 is 6.80. The third kappa shape index (κ3) is 3.82. The molecule has 0 saturated carbocycles. The lowest BCUT2D eigenvalue weighted by Crippen LogP contribution is -2.03. The van der Waals surface area contributed by atoms with E-state index in [2.05, 4.69) is 5.10 Å². The van der Waals surface area contributed by atoms with Gasteiger partial charge in [-0.2, -0.15) is 5.10 Å². The van der Waals surface area contributed by atoms with E-state index in [1.54, 1.807) is 29.0 Å². The van der Waals surface area contributed by atoms with Crippen LogP contribution in [0.3, 0.4) is 0 Å². The van der Waals surface area contributed by atoms with Gasteiger partial charge in [-0.05, 0) is 26.0 Å². The summed E-state index contributed by atoms with van der Waals surface area (Å²) in [6.07, 6.45) is 2.94. The summed E-state index contributed by atoms with van der Waals surface area (Å²) in [6.45, 7) is 3.61. The van der Waals surface area contributed by atoms with Crippen LogP contribution in [0, 0.1) is 24.0 Å². The number of rotatable bonds is 5. The molecule has 0 bridgehead atoms. The summed E-state index contributed by atoms with van der Waals surface area (Å²) in [6, 6.07) is 6.16. The summed E-state index contributed by atoms with van der Waals surface area (Å²) in [5.41, 5.74) is 2.89. The molecule has 120 valence electrons. The van der Waals surface area contributed by atoms with Crippen molar-refractivity contribution in [1.82, 2.24) is 9.78 Å². The Labute approximate surface area is 133 Å². The lowest BCUT2D eigenvalue weighted by atomic mass is 10.2. The number of hydrogen-bond donors (Lipinski definition) is 0. The van der Waals surface area contributed by atoms with Crippen LogP contribution in [0.25, 0.3) is 6.08 Å². The lowest BCUT2D eigenvalue weighted by Gasteiger charge is -2.03. The fourth-order valence-electron chi connectivity index (χ4n) is 2.19. The average Bonchev–Trinajstić information content (AvgIpc) is 2.76. The maximum absolute atomic E-state index is 11.8. The molecular weight excluding hydrogens is 298 g/mol. The number of ether oxygens (including phenoxy) is 1. The molecule has 0 aliphatic heterocycles. The van der Waals surface area contributed by atoms with Gasteiger partial charge in [-0.3, -0.25) is 14.8 Å². The largest absolute Gasteiger partial charge is 0.457 e. The highest BCUT2D eigenvalue weighted by Gasteiger charge is 2.13. The van der Waals surface area contributed by atoms with Crippen LogP contribution < -0.4 is 0 Å². The number of carbonyl (C=O) groups is 1. The minimum Gasteiger partial charge on any atom is -0.457 e. The minimum atomic E-state index is -0.564. The van der Waals surface area contributed by atoms with Crippen molar-refractivity contribution in [3.63, 3.8) is 0 Å². The number of aromatic nitrogens is 2. The predicted octanol–water partition coefficient (Wildman–Crippen LogP) is 2.70. The number of nitro groups is 1. The van der Waals surface area contributed by atoms with Gasteiger partial charge in [0.25, 0.3) is 5.69 Å². The molecule has 0 spiro atoms. The Morgan fingerprint density at radius 3 is 2.70 bits per heavy atom. The first-order valence-corrected chi connectivity index (χ1v) is 6.97. The number of benzene rings is 1. The molecule has 0 aliphatic rings. The molecule has 7 heteroatoms. The van der Waals surface area contributed by atoms with E-state index in [0.29, 0.717) is 5.56 Å². The standard InChI is InChI=1S/C16H17N3O4/c1-11-14(12(2)18(3)17-11)8-9-16(20)23-10-13-6-4-5-7-15(13)19(21)22/h4-9H,10H2,1-3H3/b9-8+. The molecule has 0 saturated heterocycles. The second-order valence-corrected chi connectivity index (χ2v) is 5.03. The molecule has 0 radical (unpaired) electrons. The summed E-state index contributed by atoms with van der Waals surface area (Å²) >= 11 is 0. The zero-order chi connectivity index (χ0) is 17.0. The fourth-order valence-corrected chi connectivity index (χ4v) is 2.19. The van der Waals surface area contributed by atoms with E-state index < -0.39 is 10.9 Å². The van der Waals surface area contributed by atoms with Crippen molar-refractivity contribution >= 4 is 17.7 Å². The predicted molar refractivity (Wildman–Crippen MR) is 84.6 cm³/mol. The van der Waals surface area contributed by atoms with Gasteiger partial charge in [0.15, 0.2) is 0 Å². The highest BCUT2D eigenvalue weighted by molar-refractivity contribution is 5.87.